The van der Waals surface area contributed by atoms with Gasteiger partial charge in [-0.2, -0.15) is 0 Å². The van der Waals surface area contributed by atoms with E-state index >= 15 is 0 Å². The molecule has 0 N–H and O–H groups in total. The molecule has 9 heteroatoms. The van der Waals surface area contributed by atoms with Crippen molar-refractivity contribution in [3.8, 4) is 0 Å². The third-order valence-corrected chi connectivity index (χ3v) is 8.80. The molecule has 7 nitrogen and oxygen atoms in total. The Bertz CT molecular complexity index is 838. The van der Waals surface area contributed by atoms with E-state index in [2.05, 4.69) is 26.8 Å². The van der Waals surface area contributed by atoms with Crippen LogP contribution in [0.15, 0.2) is 11.6 Å². The van der Waals surface area contributed by atoms with E-state index in [4.69, 9.17) is 18.9 Å². The van der Waals surface area contributed by atoms with E-state index in [1.165, 1.54) is 5.57 Å². The van der Waals surface area contributed by atoms with Gasteiger partial charge >= 0.3 is 6.09 Å². The van der Waals surface area contributed by atoms with Crippen molar-refractivity contribution in [1.29, 1.82) is 0 Å². The standard InChI is InChI=1S/C26H40F2N2O5/c1-17(2)5-6-20-24(3,35-20)22-21(32-4)19(7-10-25(22)16-33-25)34-23(31)30-12-9-18(13-30)8-11-29-14-26(27,28)15-29/h5,18-22H,6-16H2,1-4H3/t18-,19-,20-,21-,22?,24+,25+/m1/s1. The summed E-state index contributed by atoms with van der Waals surface area (Å²) in [5, 5.41) is 0. The van der Waals surface area contributed by atoms with Crippen molar-refractivity contribution in [1.82, 2.24) is 9.80 Å². The summed E-state index contributed by atoms with van der Waals surface area (Å²) in [6.07, 6.45) is 5.48. The monoisotopic (exact) mass is 498 g/mol. The zero-order valence-electron chi connectivity index (χ0n) is 21.4. The van der Waals surface area contributed by atoms with Crippen molar-refractivity contribution >= 4 is 6.09 Å². The number of carbonyl (C=O) groups excluding carboxylic acids is 1. The van der Waals surface area contributed by atoms with Crippen LogP contribution in [0.5, 0.6) is 0 Å². The molecule has 35 heavy (non-hydrogen) atoms. The molecule has 5 aliphatic rings. The van der Waals surface area contributed by atoms with Crippen LogP contribution in [0.2, 0.25) is 0 Å². The lowest BCUT2D eigenvalue weighted by molar-refractivity contribution is -0.131. The van der Waals surface area contributed by atoms with E-state index in [-0.39, 0.29) is 54.6 Å². The number of ether oxygens (including phenoxy) is 4. The van der Waals surface area contributed by atoms with Crippen molar-refractivity contribution < 1.29 is 32.5 Å². The number of allylic oxidation sites excluding steroid dienone is 1. The SMILES string of the molecule is CO[C@H]1C([C@@]2(C)O[C@@H]2CC=C(C)C)[C@]2(CC[C@H]1OC(=O)N1CC[C@@H](CCN3CC(F)(F)C3)C1)CO2. The molecule has 0 radical (unpaired) electrons. The molecule has 0 bridgehead atoms. The number of hydrogen-bond donors (Lipinski definition) is 0. The summed E-state index contributed by atoms with van der Waals surface area (Å²) < 4.78 is 50.3. The number of methoxy groups -OCH3 is 1. The predicted molar refractivity (Wildman–Crippen MR) is 125 cm³/mol. The van der Waals surface area contributed by atoms with Gasteiger partial charge in [-0.1, -0.05) is 11.6 Å². The molecule has 1 saturated carbocycles. The second-order valence-electron chi connectivity index (χ2n) is 11.8. The van der Waals surface area contributed by atoms with E-state index in [1.807, 2.05) is 0 Å². The topological polar surface area (TPSA) is 67.1 Å². The minimum Gasteiger partial charge on any atom is -0.443 e. The number of halogens is 2. The average Bonchev–Trinajstić information content (AvgIpc) is 3.63. The summed E-state index contributed by atoms with van der Waals surface area (Å²) in [6, 6.07) is 0. The highest BCUT2D eigenvalue weighted by Gasteiger charge is 2.72. The van der Waals surface area contributed by atoms with Crippen molar-refractivity contribution in [3.63, 3.8) is 0 Å². The third-order valence-electron chi connectivity index (χ3n) is 8.80. The van der Waals surface area contributed by atoms with Gasteiger partial charge < -0.3 is 23.8 Å². The van der Waals surface area contributed by atoms with Crippen LogP contribution in [0.1, 0.15) is 52.9 Å². The molecule has 1 spiro atoms. The Labute approximate surface area is 207 Å². The Kier molecular flexibility index (Phi) is 6.69. The Balaban J connectivity index is 1.16. The summed E-state index contributed by atoms with van der Waals surface area (Å²) in [5.74, 6) is -2.20. The quantitative estimate of drug-likeness (QED) is 0.374. The average molecular weight is 499 g/mol. The number of likely N-dealkylation sites (tertiary alicyclic amines) is 2. The van der Waals surface area contributed by atoms with E-state index in [0.29, 0.717) is 38.6 Å². The smallest absolute Gasteiger partial charge is 0.410 e. The van der Waals surface area contributed by atoms with Crippen LogP contribution in [-0.4, -0.2) is 97.8 Å². The maximum Gasteiger partial charge on any atom is 0.410 e. The van der Waals surface area contributed by atoms with Gasteiger partial charge in [0.15, 0.2) is 0 Å². The summed E-state index contributed by atoms with van der Waals surface area (Å²) in [5.41, 5.74) is 0.663. The Hall–Kier alpha value is -1.29. The number of carbonyl (C=O) groups is 1. The maximum absolute atomic E-state index is 13.1. The van der Waals surface area contributed by atoms with Crippen LogP contribution in [-0.2, 0) is 18.9 Å². The number of epoxide rings is 2. The van der Waals surface area contributed by atoms with Crippen molar-refractivity contribution in [2.45, 2.75) is 88.3 Å². The summed E-state index contributed by atoms with van der Waals surface area (Å²) in [7, 11) is 1.68. The first-order chi connectivity index (χ1) is 16.6. The summed E-state index contributed by atoms with van der Waals surface area (Å²) in [4.78, 5) is 16.6. The molecule has 0 aromatic heterocycles. The van der Waals surface area contributed by atoms with E-state index < -0.39 is 5.92 Å². The molecule has 1 unspecified atom stereocenters. The van der Waals surface area contributed by atoms with Gasteiger partial charge in [-0.25, -0.2) is 13.6 Å². The van der Waals surface area contributed by atoms with Crippen LogP contribution in [0.25, 0.3) is 0 Å². The van der Waals surface area contributed by atoms with Crippen LogP contribution in [0.4, 0.5) is 13.6 Å². The van der Waals surface area contributed by atoms with Gasteiger partial charge in [0, 0.05) is 20.2 Å². The summed E-state index contributed by atoms with van der Waals surface area (Å²) in [6.45, 7) is 8.65. The van der Waals surface area contributed by atoms with Gasteiger partial charge in [-0.15, -0.1) is 0 Å². The molecule has 1 aliphatic carbocycles. The first-order valence-electron chi connectivity index (χ1n) is 13.1. The molecule has 0 aromatic rings. The zero-order chi connectivity index (χ0) is 25.0. The van der Waals surface area contributed by atoms with Crippen molar-refractivity contribution in [2.75, 3.05) is 46.4 Å². The highest BCUT2D eigenvalue weighted by Crippen LogP contribution is 2.59. The van der Waals surface area contributed by atoms with E-state index in [1.54, 1.807) is 16.9 Å². The lowest BCUT2D eigenvalue weighted by Crippen LogP contribution is -2.56. The first kappa shape index (κ1) is 25.4. The maximum atomic E-state index is 13.1. The van der Waals surface area contributed by atoms with Crippen molar-refractivity contribution in [2.24, 2.45) is 11.8 Å². The Morgan fingerprint density at radius 3 is 2.60 bits per heavy atom. The number of nitrogens with zero attached hydrogens (tertiary/aromatic N) is 2. The molecule has 7 atom stereocenters. The Morgan fingerprint density at radius 1 is 1.23 bits per heavy atom. The van der Waals surface area contributed by atoms with Crippen LogP contribution in [0, 0.1) is 11.8 Å². The van der Waals surface area contributed by atoms with E-state index in [0.717, 1.165) is 25.7 Å². The predicted octanol–water partition coefficient (Wildman–Crippen LogP) is 3.86. The highest BCUT2D eigenvalue weighted by molar-refractivity contribution is 5.68. The largest absolute Gasteiger partial charge is 0.443 e. The number of rotatable bonds is 8. The molecule has 5 rings (SSSR count). The highest BCUT2D eigenvalue weighted by atomic mass is 19.3. The molecule has 198 valence electrons. The fraction of sp³-hybridized carbons (Fsp3) is 0.885. The molecule has 0 aromatic carbocycles. The number of hydrogen-bond acceptors (Lipinski definition) is 6. The number of alkyl halides is 2. The normalized spacial score (nSPS) is 42.0. The lowest BCUT2D eigenvalue weighted by Gasteiger charge is -2.43. The van der Waals surface area contributed by atoms with Crippen LogP contribution in [0.3, 0.4) is 0 Å². The van der Waals surface area contributed by atoms with Crippen LogP contribution >= 0.6 is 0 Å². The molecule has 4 saturated heterocycles. The molecule has 1 amide bonds. The second-order valence-corrected chi connectivity index (χ2v) is 11.8. The number of amides is 1. The van der Waals surface area contributed by atoms with Gasteiger partial charge in [0.05, 0.1) is 31.7 Å². The molecule has 5 fully saturated rings. The minimum absolute atomic E-state index is 0.00286. The van der Waals surface area contributed by atoms with Crippen LogP contribution < -0.4 is 0 Å². The van der Waals surface area contributed by atoms with Gasteiger partial charge in [-0.05, 0) is 65.3 Å². The van der Waals surface area contributed by atoms with Gasteiger partial charge in [-0.3, -0.25) is 4.90 Å². The molecular formula is C26H40F2N2O5. The van der Waals surface area contributed by atoms with Crippen molar-refractivity contribution in [3.05, 3.63) is 11.6 Å². The lowest BCUT2D eigenvalue weighted by atomic mass is 9.68. The third kappa shape index (κ3) is 5.11. The summed E-state index contributed by atoms with van der Waals surface area (Å²) >= 11 is 0. The minimum atomic E-state index is -2.53. The Morgan fingerprint density at radius 2 is 1.97 bits per heavy atom. The fourth-order valence-corrected chi connectivity index (χ4v) is 6.64. The van der Waals surface area contributed by atoms with Gasteiger partial charge in [0.1, 0.15) is 23.4 Å². The van der Waals surface area contributed by atoms with Gasteiger partial charge in [0.25, 0.3) is 5.92 Å². The zero-order valence-corrected chi connectivity index (χ0v) is 21.4. The van der Waals surface area contributed by atoms with E-state index in [9.17, 15) is 13.6 Å². The first-order valence-corrected chi connectivity index (χ1v) is 13.1. The molecule has 4 aliphatic heterocycles. The van der Waals surface area contributed by atoms with Gasteiger partial charge in [0.2, 0.25) is 0 Å². The fourth-order valence-electron chi connectivity index (χ4n) is 6.64. The molecule has 4 heterocycles. The molecular weight excluding hydrogens is 458 g/mol. The second kappa shape index (κ2) is 9.23.